The van der Waals surface area contributed by atoms with E-state index >= 15 is 0 Å². The molecular formula is C22H22INO7. The molecule has 0 heterocycles. The van der Waals surface area contributed by atoms with Crippen LogP contribution in [-0.2, 0) is 32.0 Å². The number of hydrogen-bond acceptors (Lipinski definition) is 7. The summed E-state index contributed by atoms with van der Waals surface area (Å²) in [6, 6.07) is 1.86. The summed E-state index contributed by atoms with van der Waals surface area (Å²) in [6.45, 7) is 1.97. The zero-order chi connectivity index (χ0) is 22.8. The van der Waals surface area contributed by atoms with Crippen molar-refractivity contribution in [2.75, 3.05) is 7.11 Å². The third-order valence-corrected chi connectivity index (χ3v) is 7.60. The molecule has 0 bridgehead atoms. The second-order valence-electron chi connectivity index (χ2n) is 8.15. The molecule has 1 aromatic rings. The lowest BCUT2D eigenvalue weighted by Gasteiger charge is -2.48. The highest BCUT2D eigenvalue weighted by molar-refractivity contribution is 14.1. The molecule has 1 aromatic carbocycles. The van der Waals surface area contributed by atoms with E-state index in [9.17, 15) is 29.7 Å². The van der Waals surface area contributed by atoms with E-state index < -0.39 is 46.2 Å². The van der Waals surface area contributed by atoms with Crippen LogP contribution < -0.4 is 5.73 Å². The van der Waals surface area contributed by atoms with Gasteiger partial charge in [0.1, 0.15) is 22.8 Å². The van der Waals surface area contributed by atoms with Crippen molar-refractivity contribution in [1.82, 2.24) is 0 Å². The largest absolute Gasteiger partial charge is 0.508 e. The number of aliphatic hydroxyl groups excluding tert-OH is 2. The molecule has 8 nitrogen and oxygen atoms in total. The molecule has 1 fully saturated rings. The second-order valence-corrected chi connectivity index (χ2v) is 9.32. The van der Waals surface area contributed by atoms with Crippen LogP contribution in [0.1, 0.15) is 36.5 Å². The van der Waals surface area contributed by atoms with Crippen molar-refractivity contribution in [2.45, 2.75) is 38.2 Å². The maximum atomic E-state index is 13.7. The number of ketones is 2. The maximum Gasteiger partial charge on any atom is 0.255 e. The summed E-state index contributed by atoms with van der Waals surface area (Å²) in [7, 11) is 1.21. The Morgan fingerprint density at radius 2 is 1.97 bits per heavy atom. The number of benzene rings is 1. The molecule has 3 aliphatic carbocycles. The summed E-state index contributed by atoms with van der Waals surface area (Å²) in [4.78, 5) is 38.0. The lowest BCUT2D eigenvalue weighted by atomic mass is 9.59. The van der Waals surface area contributed by atoms with Gasteiger partial charge in [0.2, 0.25) is 5.78 Å². The van der Waals surface area contributed by atoms with Crippen molar-refractivity contribution in [1.29, 1.82) is 0 Å². The molecule has 0 aromatic heterocycles. The number of nitrogens with two attached hydrogens (primary N) is 1. The zero-order valence-corrected chi connectivity index (χ0v) is 19.1. The van der Waals surface area contributed by atoms with Gasteiger partial charge in [-0.2, -0.15) is 0 Å². The average molecular weight is 539 g/mol. The molecule has 1 amide bonds. The van der Waals surface area contributed by atoms with Gasteiger partial charge < -0.3 is 25.8 Å². The predicted octanol–water partition coefficient (Wildman–Crippen LogP) is 2.24. The first-order valence-electron chi connectivity index (χ1n) is 9.93. The highest BCUT2D eigenvalue weighted by Crippen LogP contribution is 2.53. The molecule has 0 aliphatic heterocycles. The summed E-state index contributed by atoms with van der Waals surface area (Å²) >= 11 is 1.97. The number of phenolic OH excluding ortho intramolecular Hbond substituents is 1. The quantitative estimate of drug-likeness (QED) is 0.340. The van der Waals surface area contributed by atoms with Crippen LogP contribution in [0.5, 0.6) is 5.75 Å². The summed E-state index contributed by atoms with van der Waals surface area (Å²) in [5, 5.41) is 32.6. The van der Waals surface area contributed by atoms with Gasteiger partial charge in [-0.3, -0.25) is 14.4 Å². The molecule has 3 atom stereocenters. The summed E-state index contributed by atoms with van der Waals surface area (Å²) in [5.41, 5.74) is 4.60. The SMILES string of the molecule is CCc1cc(I)c(O)c2c1C[C@H]1C[C@H]3CC(=O)C(C(N)=O)=C(O)[C@@]3(OC)C(=O)C1=C2O. The van der Waals surface area contributed by atoms with E-state index in [1.807, 2.05) is 35.6 Å². The zero-order valence-electron chi connectivity index (χ0n) is 17.0. The molecule has 3 aliphatic rings. The molecule has 4 rings (SSSR count). The average Bonchev–Trinajstić information content (AvgIpc) is 2.70. The van der Waals surface area contributed by atoms with Crippen LogP contribution in [0, 0.1) is 15.4 Å². The number of rotatable bonds is 3. The smallest absolute Gasteiger partial charge is 0.255 e. The molecule has 0 unspecified atom stereocenters. The lowest BCUT2D eigenvalue weighted by Crippen LogP contribution is -2.59. The Morgan fingerprint density at radius 3 is 2.55 bits per heavy atom. The molecule has 0 saturated heterocycles. The third-order valence-electron chi connectivity index (χ3n) is 6.78. The molecule has 164 valence electrons. The van der Waals surface area contributed by atoms with Crippen LogP contribution in [0.2, 0.25) is 0 Å². The molecule has 9 heteroatoms. The number of amides is 1. The van der Waals surface area contributed by atoms with E-state index in [1.165, 1.54) is 7.11 Å². The number of aromatic hydroxyl groups is 1. The van der Waals surface area contributed by atoms with Gasteiger partial charge in [-0.05, 0) is 65.0 Å². The van der Waals surface area contributed by atoms with Gasteiger partial charge in [-0.15, -0.1) is 0 Å². The van der Waals surface area contributed by atoms with Crippen molar-refractivity contribution in [3.63, 3.8) is 0 Å². The highest BCUT2D eigenvalue weighted by atomic mass is 127. The Hall–Kier alpha value is -2.40. The number of phenols is 1. The third kappa shape index (κ3) is 2.78. The molecular weight excluding hydrogens is 517 g/mol. The van der Waals surface area contributed by atoms with Crippen LogP contribution in [0.15, 0.2) is 23.0 Å². The summed E-state index contributed by atoms with van der Waals surface area (Å²) in [6.07, 6.45) is 1.16. The number of Topliss-reactive ketones (excluding diaryl/α,β-unsaturated/α-hetero) is 2. The first-order chi connectivity index (χ1) is 14.6. The van der Waals surface area contributed by atoms with E-state index in [2.05, 4.69) is 0 Å². The predicted molar refractivity (Wildman–Crippen MR) is 118 cm³/mol. The number of carbonyl (C=O) groups is 3. The Bertz CT molecular complexity index is 1120. The lowest BCUT2D eigenvalue weighted by molar-refractivity contribution is -0.153. The van der Waals surface area contributed by atoms with Crippen molar-refractivity contribution in [3.05, 3.63) is 43.2 Å². The highest BCUT2D eigenvalue weighted by Gasteiger charge is 2.61. The topological polar surface area (TPSA) is 147 Å². The van der Waals surface area contributed by atoms with Crippen molar-refractivity contribution in [3.8, 4) is 5.75 Å². The summed E-state index contributed by atoms with van der Waals surface area (Å²) in [5.74, 6) is -4.92. The van der Waals surface area contributed by atoms with Gasteiger partial charge in [0, 0.05) is 25.0 Å². The van der Waals surface area contributed by atoms with Crippen LogP contribution in [-0.4, -0.2) is 45.5 Å². The maximum absolute atomic E-state index is 13.7. The van der Waals surface area contributed by atoms with E-state index in [4.69, 9.17) is 10.5 Å². The second kappa shape index (κ2) is 7.33. The first-order valence-corrected chi connectivity index (χ1v) is 11.0. The molecule has 0 radical (unpaired) electrons. The number of hydrogen-bond donors (Lipinski definition) is 4. The minimum atomic E-state index is -1.99. The monoisotopic (exact) mass is 539 g/mol. The number of ether oxygens (including phenoxy) is 1. The van der Waals surface area contributed by atoms with Crippen LogP contribution in [0.3, 0.4) is 0 Å². The number of halogens is 1. The van der Waals surface area contributed by atoms with Gasteiger partial charge in [0.05, 0.1) is 9.13 Å². The van der Waals surface area contributed by atoms with Crippen LogP contribution >= 0.6 is 22.6 Å². The molecule has 0 spiro atoms. The van der Waals surface area contributed by atoms with Crippen molar-refractivity contribution < 1.29 is 34.4 Å². The number of primary amides is 1. The molecule has 31 heavy (non-hydrogen) atoms. The van der Waals surface area contributed by atoms with Crippen LogP contribution in [0.4, 0.5) is 0 Å². The van der Waals surface area contributed by atoms with E-state index in [1.54, 1.807) is 0 Å². The fourth-order valence-electron chi connectivity index (χ4n) is 5.38. The number of methoxy groups -OCH3 is 1. The first kappa shape index (κ1) is 21.8. The molecule has 1 saturated carbocycles. The number of aryl methyl sites for hydroxylation is 1. The van der Waals surface area contributed by atoms with Gasteiger partial charge in [-0.25, -0.2) is 0 Å². The number of carbonyl (C=O) groups excluding carboxylic acids is 3. The normalized spacial score (nSPS) is 27.7. The molecule has 5 N–H and O–H groups in total. The summed E-state index contributed by atoms with van der Waals surface area (Å²) < 4.78 is 6.04. The fraction of sp³-hybridized carbons (Fsp3) is 0.409. The Kier molecular flexibility index (Phi) is 5.16. The van der Waals surface area contributed by atoms with Gasteiger partial charge in [0.15, 0.2) is 11.4 Å². The minimum absolute atomic E-state index is 0.0228. The standard InChI is InChI=1S/C22H22INO7/c1-3-8-6-12(23)17(26)15-11(8)5-9-4-10-7-13(25)16(21(24)30)20(29)22(10,31-2)19(28)14(9)18(15)27/h6,9-10,26-27,29H,3-5,7H2,1-2H3,(H2,24,30)/t9-,10+,22+/m1/s1. The Labute approximate surface area is 191 Å². The number of fused-ring (bicyclic) bond motifs is 3. The van der Waals surface area contributed by atoms with Gasteiger partial charge in [-0.1, -0.05) is 6.92 Å². The van der Waals surface area contributed by atoms with E-state index in [0.717, 1.165) is 11.1 Å². The fourth-order valence-corrected chi connectivity index (χ4v) is 6.03. The number of aliphatic hydroxyl groups is 2. The van der Waals surface area contributed by atoms with Crippen molar-refractivity contribution in [2.24, 2.45) is 17.6 Å². The Morgan fingerprint density at radius 1 is 1.29 bits per heavy atom. The van der Waals surface area contributed by atoms with E-state index in [-0.39, 0.29) is 35.5 Å². The van der Waals surface area contributed by atoms with Crippen molar-refractivity contribution >= 4 is 45.8 Å². The minimum Gasteiger partial charge on any atom is -0.508 e. The van der Waals surface area contributed by atoms with Crippen LogP contribution in [0.25, 0.3) is 5.76 Å². The van der Waals surface area contributed by atoms with Gasteiger partial charge >= 0.3 is 0 Å². The van der Waals surface area contributed by atoms with E-state index in [0.29, 0.717) is 16.4 Å². The Balaban J connectivity index is 1.99. The van der Waals surface area contributed by atoms with Gasteiger partial charge in [0.25, 0.3) is 5.91 Å².